The molecule has 0 bridgehead atoms. The van der Waals surface area contributed by atoms with Crippen molar-refractivity contribution in [3.05, 3.63) is 40.1 Å². The summed E-state index contributed by atoms with van der Waals surface area (Å²) >= 11 is 12.3. The molecule has 1 aromatic heterocycles. The van der Waals surface area contributed by atoms with Gasteiger partial charge in [0.2, 0.25) is 5.91 Å². The van der Waals surface area contributed by atoms with E-state index in [1.807, 2.05) is 6.92 Å². The number of halogens is 2. The zero-order valence-electron chi connectivity index (χ0n) is 10.8. The first kappa shape index (κ1) is 14.7. The summed E-state index contributed by atoms with van der Waals surface area (Å²) in [5, 5.41) is 14.5. The van der Waals surface area contributed by atoms with Crippen LogP contribution in [-0.4, -0.2) is 32.7 Å². The summed E-state index contributed by atoms with van der Waals surface area (Å²) in [5.41, 5.74) is 0.832. The molecule has 6 nitrogen and oxygen atoms in total. The molecule has 0 aliphatic carbocycles. The Labute approximate surface area is 126 Å². The molecule has 1 aromatic carbocycles. The molecule has 1 N–H and O–H groups in total. The predicted molar refractivity (Wildman–Crippen MR) is 75.7 cm³/mol. The fourth-order valence-corrected chi connectivity index (χ4v) is 2.58. The monoisotopic (exact) mass is 313 g/mol. The summed E-state index contributed by atoms with van der Waals surface area (Å²) in [6.07, 6.45) is 1.38. The molecule has 2 rings (SSSR count). The van der Waals surface area contributed by atoms with E-state index in [1.54, 1.807) is 18.2 Å². The largest absolute Gasteiger partial charge is 0.354 e. The lowest BCUT2D eigenvalue weighted by atomic mass is 10.0. The van der Waals surface area contributed by atoms with Gasteiger partial charge in [-0.2, -0.15) is 0 Å². The van der Waals surface area contributed by atoms with Crippen molar-refractivity contribution in [1.82, 2.24) is 25.5 Å². The third-order valence-corrected chi connectivity index (χ3v) is 3.45. The number of aromatic nitrogens is 4. The van der Waals surface area contributed by atoms with Gasteiger partial charge >= 0.3 is 0 Å². The molecule has 0 radical (unpaired) electrons. The molecule has 106 valence electrons. The van der Waals surface area contributed by atoms with Crippen LogP contribution in [0.15, 0.2) is 24.5 Å². The molecule has 0 unspecified atom stereocenters. The number of carbonyl (C=O) groups excluding carboxylic acids is 1. The van der Waals surface area contributed by atoms with E-state index < -0.39 is 0 Å². The molecule has 8 heteroatoms. The average molecular weight is 314 g/mol. The summed E-state index contributed by atoms with van der Waals surface area (Å²) < 4.78 is 1.35. The molecule has 0 aliphatic rings. The van der Waals surface area contributed by atoms with Crippen LogP contribution in [-0.2, 0) is 11.3 Å². The van der Waals surface area contributed by atoms with E-state index >= 15 is 0 Å². The van der Waals surface area contributed by atoms with Crippen LogP contribution in [0.2, 0.25) is 10.0 Å². The standard InChI is InChI=1S/C12H13Cl2N5O/c1-8(12-9(13)3-2-4-10(12)14)5-15-11(20)6-19-7-16-17-18-19/h2-4,7-8H,5-6H2,1H3,(H,15,20)/t8-/m0/s1. The predicted octanol–water partition coefficient (Wildman–Crippen LogP) is 1.90. The average Bonchev–Trinajstić information content (AvgIpc) is 2.89. The molecule has 0 saturated carbocycles. The maximum Gasteiger partial charge on any atom is 0.241 e. The minimum absolute atomic E-state index is 0.00835. The van der Waals surface area contributed by atoms with E-state index in [-0.39, 0.29) is 18.4 Å². The molecule has 0 saturated heterocycles. The molecule has 1 atom stereocenters. The highest BCUT2D eigenvalue weighted by Crippen LogP contribution is 2.30. The minimum Gasteiger partial charge on any atom is -0.354 e. The van der Waals surface area contributed by atoms with Gasteiger partial charge in [-0.15, -0.1) is 5.10 Å². The first-order chi connectivity index (χ1) is 9.58. The Bertz CT molecular complexity index is 567. The van der Waals surface area contributed by atoms with Gasteiger partial charge in [0, 0.05) is 22.5 Å². The van der Waals surface area contributed by atoms with Crippen molar-refractivity contribution < 1.29 is 4.79 Å². The van der Waals surface area contributed by atoms with Crippen LogP contribution in [0.1, 0.15) is 18.4 Å². The van der Waals surface area contributed by atoms with Crippen LogP contribution in [0, 0.1) is 0 Å². The van der Waals surface area contributed by atoms with Gasteiger partial charge in [0.05, 0.1) is 0 Å². The normalized spacial score (nSPS) is 12.2. The fourth-order valence-electron chi connectivity index (χ4n) is 1.81. The number of amides is 1. The van der Waals surface area contributed by atoms with Gasteiger partial charge in [-0.1, -0.05) is 36.2 Å². The van der Waals surface area contributed by atoms with Crippen molar-refractivity contribution in [3.63, 3.8) is 0 Å². The van der Waals surface area contributed by atoms with Gasteiger partial charge in [0.1, 0.15) is 12.9 Å². The zero-order valence-corrected chi connectivity index (χ0v) is 12.3. The Morgan fingerprint density at radius 2 is 2.10 bits per heavy atom. The number of nitrogens with zero attached hydrogens (tertiary/aromatic N) is 4. The van der Waals surface area contributed by atoms with Crippen molar-refractivity contribution in [2.24, 2.45) is 0 Å². The second-order valence-electron chi connectivity index (χ2n) is 4.35. The summed E-state index contributed by atoms with van der Waals surface area (Å²) in [6, 6.07) is 5.35. The van der Waals surface area contributed by atoms with Crippen LogP contribution in [0.25, 0.3) is 0 Å². The van der Waals surface area contributed by atoms with Gasteiger partial charge in [0.15, 0.2) is 0 Å². The van der Waals surface area contributed by atoms with E-state index in [9.17, 15) is 4.79 Å². The first-order valence-electron chi connectivity index (χ1n) is 5.99. The van der Waals surface area contributed by atoms with E-state index in [0.717, 1.165) is 5.56 Å². The number of hydrogen-bond donors (Lipinski definition) is 1. The number of benzene rings is 1. The van der Waals surface area contributed by atoms with Crippen LogP contribution in [0.4, 0.5) is 0 Å². The van der Waals surface area contributed by atoms with Crippen LogP contribution in [0.5, 0.6) is 0 Å². The van der Waals surface area contributed by atoms with E-state index in [4.69, 9.17) is 23.2 Å². The topological polar surface area (TPSA) is 72.7 Å². The van der Waals surface area contributed by atoms with Crippen molar-refractivity contribution >= 4 is 29.1 Å². The van der Waals surface area contributed by atoms with Gasteiger partial charge in [0.25, 0.3) is 0 Å². The molecule has 0 fully saturated rings. The second-order valence-corrected chi connectivity index (χ2v) is 5.16. The third kappa shape index (κ3) is 3.68. The number of tetrazole rings is 1. The summed E-state index contributed by atoms with van der Waals surface area (Å²) in [5.74, 6) is -0.165. The first-order valence-corrected chi connectivity index (χ1v) is 6.75. The second kappa shape index (κ2) is 6.67. The van der Waals surface area contributed by atoms with Gasteiger partial charge < -0.3 is 5.32 Å². The van der Waals surface area contributed by atoms with Gasteiger partial charge in [-0.3, -0.25) is 4.79 Å². The molecular weight excluding hydrogens is 301 g/mol. The van der Waals surface area contributed by atoms with E-state index in [1.165, 1.54) is 11.0 Å². The minimum atomic E-state index is -0.174. The molecule has 0 aliphatic heterocycles. The SMILES string of the molecule is C[C@@H](CNC(=O)Cn1cnnn1)c1c(Cl)cccc1Cl. The maximum absolute atomic E-state index is 11.7. The highest BCUT2D eigenvalue weighted by atomic mass is 35.5. The summed E-state index contributed by atoms with van der Waals surface area (Å²) in [6.45, 7) is 2.46. The van der Waals surface area contributed by atoms with Crippen molar-refractivity contribution in [3.8, 4) is 0 Å². The van der Waals surface area contributed by atoms with Gasteiger partial charge in [-0.25, -0.2) is 4.68 Å². The van der Waals surface area contributed by atoms with Crippen molar-refractivity contribution in [2.75, 3.05) is 6.54 Å². The number of carbonyl (C=O) groups is 1. The number of nitrogens with one attached hydrogen (secondary N) is 1. The number of rotatable bonds is 5. The van der Waals surface area contributed by atoms with Crippen molar-refractivity contribution in [2.45, 2.75) is 19.4 Å². The number of hydrogen-bond acceptors (Lipinski definition) is 4. The Morgan fingerprint density at radius 1 is 1.40 bits per heavy atom. The lowest BCUT2D eigenvalue weighted by Gasteiger charge is -2.16. The smallest absolute Gasteiger partial charge is 0.241 e. The van der Waals surface area contributed by atoms with Crippen LogP contribution in [0.3, 0.4) is 0 Å². The quantitative estimate of drug-likeness (QED) is 0.915. The molecular formula is C12H13Cl2N5O. The van der Waals surface area contributed by atoms with Crippen LogP contribution >= 0.6 is 23.2 Å². The maximum atomic E-state index is 11.7. The van der Waals surface area contributed by atoms with E-state index in [0.29, 0.717) is 16.6 Å². The Morgan fingerprint density at radius 3 is 2.70 bits per heavy atom. The molecule has 1 amide bonds. The molecule has 20 heavy (non-hydrogen) atoms. The lowest BCUT2D eigenvalue weighted by Crippen LogP contribution is -2.31. The zero-order chi connectivity index (χ0) is 14.5. The lowest BCUT2D eigenvalue weighted by molar-refractivity contribution is -0.121. The third-order valence-electron chi connectivity index (χ3n) is 2.79. The summed E-state index contributed by atoms with van der Waals surface area (Å²) in [7, 11) is 0. The summed E-state index contributed by atoms with van der Waals surface area (Å²) in [4.78, 5) is 11.7. The highest BCUT2D eigenvalue weighted by molar-refractivity contribution is 6.36. The molecule has 1 heterocycles. The molecule has 0 spiro atoms. The molecule has 2 aromatic rings. The van der Waals surface area contributed by atoms with Crippen molar-refractivity contribution in [1.29, 1.82) is 0 Å². The fraction of sp³-hybridized carbons (Fsp3) is 0.333. The Hall–Kier alpha value is -1.66. The Balaban J connectivity index is 1.92. The van der Waals surface area contributed by atoms with Gasteiger partial charge in [-0.05, 0) is 28.1 Å². The van der Waals surface area contributed by atoms with E-state index in [2.05, 4.69) is 20.8 Å². The Kier molecular flexibility index (Phi) is 4.92. The highest BCUT2D eigenvalue weighted by Gasteiger charge is 2.14. The van der Waals surface area contributed by atoms with Crippen LogP contribution < -0.4 is 5.32 Å².